The summed E-state index contributed by atoms with van der Waals surface area (Å²) in [7, 11) is 0. The molecule has 6 nitrogen and oxygen atoms in total. The van der Waals surface area contributed by atoms with Crippen LogP contribution in [-0.4, -0.2) is 15.9 Å². The lowest BCUT2D eigenvalue weighted by molar-refractivity contribution is 0.102. The molecule has 0 atom stereocenters. The summed E-state index contributed by atoms with van der Waals surface area (Å²) in [6.07, 6.45) is 2.34. The Kier molecular flexibility index (Phi) is 5.50. The number of pyridine rings is 1. The summed E-state index contributed by atoms with van der Waals surface area (Å²) < 4.78 is 0. The second-order valence-corrected chi connectivity index (χ2v) is 7.67. The van der Waals surface area contributed by atoms with Crippen molar-refractivity contribution in [3.63, 3.8) is 0 Å². The molecule has 7 heteroatoms. The van der Waals surface area contributed by atoms with Gasteiger partial charge >= 0.3 is 0 Å². The molecule has 4 rings (SSSR count). The van der Waals surface area contributed by atoms with Gasteiger partial charge in [0.05, 0.1) is 11.6 Å². The average molecular weight is 412 g/mol. The van der Waals surface area contributed by atoms with Crippen LogP contribution in [0.15, 0.2) is 77.7 Å². The van der Waals surface area contributed by atoms with Crippen molar-refractivity contribution in [2.45, 2.75) is 6.42 Å². The zero-order valence-electron chi connectivity index (χ0n) is 15.8. The monoisotopic (exact) mass is 412 g/mol. The van der Waals surface area contributed by atoms with E-state index in [0.717, 1.165) is 16.0 Å². The molecule has 0 saturated heterocycles. The molecule has 2 N–H and O–H groups in total. The summed E-state index contributed by atoms with van der Waals surface area (Å²) >= 11 is 1.35. The van der Waals surface area contributed by atoms with E-state index in [1.165, 1.54) is 17.4 Å². The molecule has 146 valence electrons. The molecule has 0 bridgehead atoms. The second-order valence-electron chi connectivity index (χ2n) is 6.55. The van der Waals surface area contributed by atoms with Crippen LogP contribution < -0.4 is 10.9 Å². The number of carbonyl (C=O) groups excluding carboxylic acids is 1. The highest BCUT2D eigenvalue weighted by atomic mass is 32.1. The van der Waals surface area contributed by atoms with Gasteiger partial charge in [-0.05, 0) is 35.4 Å². The number of amides is 1. The van der Waals surface area contributed by atoms with Crippen LogP contribution >= 0.6 is 11.3 Å². The Balaban J connectivity index is 1.45. The fourth-order valence-electron chi connectivity index (χ4n) is 2.95. The zero-order valence-corrected chi connectivity index (χ0v) is 16.6. The number of aromatic nitrogens is 2. The third kappa shape index (κ3) is 4.35. The Morgan fingerprint density at radius 3 is 2.53 bits per heavy atom. The van der Waals surface area contributed by atoms with Crippen LogP contribution in [0.5, 0.6) is 0 Å². The lowest BCUT2D eigenvalue weighted by atomic mass is 10.1. The third-order valence-corrected chi connectivity index (χ3v) is 5.39. The first kappa shape index (κ1) is 19.3. The van der Waals surface area contributed by atoms with Crippen LogP contribution in [0.3, 0.4) is 0 Å². The van der Waals surface area contributed by atoms with Crippen molar-refractivity contribution in [3.8, 4) is 17.3 Å². The van der Waals surface area contributed by atoms with E-state index < -0.39 is 11.5 Å². The highest BCUT2D eigenvalue weighted by Gasteiger charge is 2.14. The molecule has 2 heterocycles. The van der Waals surface area contributed by atoms with E-state index in [0.29, 0.717) is 22.8 Å². The van der Waals surface area contributed by atoms with Crippen molar-refractivity contribution < 1.29 is 4.79 Å². The molecular formula is C23H16N4O2S. The molecule has 0 spiro atoms. The molecule has 2 aromatic heterocycles. The maximum atomic E-state index is 12.5. The predicted octanol–water partition coefficient (Wildman–Crippen LogP) is 4.21. The molecule has 0 saturated carbocycles. The number of aromatic amines is 1. The summed E-state index contributed by atoms with van der Waals surface area (Å²) in [5.41, 5.74) is 2.75. The maximum absolute atomic E-state index is 12.5. The topological polar surface area (TPSA) is 98.6 Å². The zero-order chi connectivity index (χ0) is 20.9. The van der Waals surface area contributed by atoms with Gasteiger partial charge in [0, 0.05) is 23.2 Å². The number of nitrogens with zero attached hydrogens (tertiary/aromatic N) is 2. The van der Waals surface area contributed by atoms with E-state index in [-0.39, 0.29) is 5.56 Å². The first-order valence-corrected chi connectivity index (χ1v) is 9.98. The van der Waals surface area contributed by atoms with Crippen molar-refractivity contribution in [2.24, 2.45) is 0 Å². The Labute approximate surface area is 176 Å². The minimum atomic E-state index is -0.505. The van der Waals surface area contributed by atoms with Crippen molar-refractivity contribution in [2.75, 3.05) is 5.32 Å². The Hall–Kier alpha value is -4.02. The number of anilines is 1. The lowest BCUT2D eigenvalue weighted by Crippen LogP contribution is -2.23. The third-order valence-electron chi connectivity index (χ3n) is 4.47. The predicted molar refractivity (Wildman–Crippen MR) is 117 cm³/mol. The molecule has 1 amide bonds. The van der Waals surface area contributed by atoms with E-state index >= 15 is 0 Å². The summed E-state index contributed by atoms with van der Waals surface area (Å²) in [6, 6.07) is 22.1. The van der Waals surface area contributed by atoms with Gasteiger partial charge in [-0.2, -0.15) is 5.26 Å². The normalized spacial score (nSPS) is 10.4. The highest BCUT2D eigenvalue weighted by Crippen LogP contribution is 2.22. The molecule has 4 aromatic rings. The largest absolute Gasteiger partial charge is 0.321 e. The van der Waals surface area contributed by atoms with Gasteiger partial charge in [0.15, 0.2) is 5.13 Å². The molecule has 0 aliphatic heterocycles. The summed E-state index contributed by atoms with van der Waals surface area (Å²) in [6.45, 7) is 0. The van der Waals surface area contributed by atoms with Crippen LogP contribution in [0.4, 0.5) is 5.13 Å². The number of hydrogen-bond acceptors (Lipinski definition) is 5. The minimum absolute atomic E-state index is 0.0264. The standard InChI is InChI=1S/C23H16N4O2S/c24-13-16-8-6-15(7-9-16)12-18-14-25-23(30-18)27-22(29)19-10-11-20(26-21(19)28)17-4-2-1-3-5-17/h1-11,14H,12H2,(H,26,28)(H,25,27,29). The van der Waals surface area contributed by atoms with Crippen LogP contribution in [-0.2, 0) is 6.42 Å². The van der Waals surface area contributed by atoms with Gasteiger partial charge in [0.1, 0.15) is 5.56 Å². The number of nitrogens with one attached hydrogen (secondary N) is 2. The van der Waals surface area contributed by atoms with Crippen molar-refractivity contribution in [3.05, 3.63) is 105 Å². The van der Waals surface area contributed by atoms with Gasteiger partial charge in [-0.1, -0.05) is 42.5 Å². The van der Waals surface area contributed by atoms with E-state index in [1.54, 1.807) is 24.4 Å². The van der Waals surface area contributed by atoms with Gasteiger partial charge < -0.3 is 4.98 Å². The summed E-state index contributed by atoms with van der Waals surface area (Å²) in [5, 5.41) is 12.0. The number of thiazole rings is 1. The van der Waals surface area contributed by atoms with Crippen LogP contribution in [0.2, 0.25) is 0 Å². The van der Waals surface area contributed by atoms with Crippen LogP contribution in [0, 0.1) is 11.3 Å². The second kappa shape index (κ2) is 8.55. The number of carbonyl (C=O) groups is 1. The fraction of sp³-hybridized carbons (Fsp3) is 0.0435. The number of hydrogen-bond donors (Lipinski definition) is 2. The summed E-state index contributed by atoms with van der Waals surface area (Å²) in [5.74, 6) is -0.505. The molecule has 0 fully saturated rings. The minimum Gasteiger partial charge on any atom is -0.321 e. The van der Waals surface area contributed by atoms with Gasteiger partial charge in [0.2, 0.25) is 0 Å². The Morgan fingerprint density at radius 2 is 1.83 bits per heavy atom. The Morgan fingerprint density at radius 1 is 1.07 bits per heavy atom. The smallest absolute Gasteiger partial charge is 0.263 e. The fourth-order valence-corrected chi connectivity index (χ4v) is 3.79. The molecule has 0 unspecified atom stereocenters. The van der Waals surface area contributed by atoms with Crippen molar-refractivity contribution in [1.29, 1.82) is 5.26 Å². The molecule has 2 aromatic carbocycles. The maximum Gasteiger partial charge on any atom is 0.263 e. The number of rotatable bonds is 5. The lowest BCUT2D eigenvalue weighted by Gasteiger charge is -2.04. The van der Waals surface area contributed by atoms with Crippen molar-refractivity contribution >= 4 is 22.4 Å². The van der Waals surface area contributed by atoms with E-state index in [9.17, 15) is 9.59 Å². The van der Waals surface area contributed by atoms with Gasteiger partial charge in [-0.15, -0.1) is 11.3 Å². The molecule has 0 aliphatic rings. The Bertz CT molecular complexity index is 1290. The van der Waals surface area contributed by atoms with E-state index in [2.05, 4.69) is 21.4 Å². The van der Waals surface area contributed by atoms with Crippen molar-refractivity contribution in [1.82, 2.24) is 9.97 Å². The number of benzene rings is 2. The summed E-state index contributed by atoms with van der Waals surface area (Å²) in [4.78, 5) is 32.9. The van der Waals surface area contributed by atoms with E-state index in [1.807, 2.05) is 42.5 Å². The van der Waals surface area contributed by atoms with Gasteiger partial charge in [-0.25, -0.2) is 4.98 Å². The quantitative estimate of drug-likeness (QED) is 0.513. The number of H-pyrrole nitrogens is 1. The molecular weight excluding hydrogens is 396 g/mol. The number of nitriles is 1. The average Bonchev–Trinajstić information content (AvgIpc) is 3.21. The SMILES string of the molecule is N#Cc1ccc(Cc2cnc(NC(=O)c3ccc(-c4ccccc4)[nH]c3=O)s2)cc1. The van der Waals surface area contributed by atoms with Gasteiger partial charge in [0.25, 0.3) is 11.5 Å². The first-order chi connectivity index (χ1) is 14.6. The first-order valence-electron chi connectivity index (χ1n) is 9.16. The van der Waals surface area contributed by atoms with Gasteiger partial charge in [-0.3, -0.25) is 14.9 Å². The van der Waals surface area contributed by atoms with Crippen LogP contribution in [0.25, 0.3) is 11.3 Å². The highest BCUT2D eigenvalue weighted by molar-refractivity contribution is 7.15. The molecule has 30 heavy (non-hydrogen) atoms. The molecule has 0 radical (unpaired) electrons. The van der Waals surface area contributed by atoms with Crippen LogP contribution in [0.1, 0.15) is 26.4 Å². The van der Waals surface area contributed by atoms with E-state index in [4.69, 9.17) is 5.26 Å². The molecule has 0 aliphatic carbocycles.